The number of anilines is 3. The molecule has 0 atom stereocenters. The second-order valence-electron chi connectivity index (χ2n) is 37.2. The fourth-order valence-electron chi connectivity index (χ4n) is 19.5. The van der Waals surface area contributed by atoms with Crippen LogP contribution < -0.4 is 28.6 Å². The second-order valence-corrected chi connectivity index (χ2v) is 37.2. The van der Waals surface area contributed by atoms with Crippen LogP contribution in [0.4, 0.5) is 17.1 Å². The van der Waals surface area contributed by atoms with E-state index in [4.69, 9.17) is 58.6 Å². The SMILES string of the molecule is CC(C)(C)c1cc2c(cc1-c1cccc3c1Oc1ccccc1C(C)(C)O3)-c1ccccc1-c1ncncc1-c1ccccc1-2.CC(C)(C)c1nc2c(nc1-c1cccc3c1Oc1ccccc1C(C)(C)O3)-c1nccnc1-c1nccnc1-c1nccnc1-2.CC1(C)Oc2ccccc2N(c2ccc3c(c2)-c2ccccc2-c2ccccc2-c2ccccc2-3)c2ccccc21. The van der Waals surface area contributed by atoms with Crippen LogP contribution in [0.5, 0.6) is 40.2 Å². The number of rotatable bonds is 3. The molecular formula is C115H91N11O5. The topological polar surface area (TPSA) is 178 Å². The standard InChI is InChI=1S/C41H34N2O2.C39H29NO.C35H28N8O2/c1-40(2,3)35-22-31-25-13-6-7-14-26(25)33-23-42-24-43-38(33)28-16-9-8-15-27(28)30(31)21-32(35)29-17-12-20-37-39(29)44-36-19-11-10-18-34(36)41(4,5)45-37;1-39(2)35-19-9-10-20-36(35)40(37-21-11-12-22-38(37)41-39)26-23-24-33-31-17-6-5-15-29(31)27-13-3-4-14-28(27)30-16-7-8-18-32(30)34(33)25-26;1-34(2,3)33-23(19-9-8-12-22-32(19)44-21-11-7-6-10-20(21)35(4,5)45-22)42-30-28-26(38-15-17-40-28)24-25(37-14-13-36-24)27-29(31(30)43-33)41-18-16-39-27/h6-24H,1-5H3;3-25H,1-2H3;6-18H,1-5H3. The van der Waals surface area contributed by atoms with E-state index in [9.17, 15) is 0 Å². The summed E-state index contributed by atoms with van der Waals surface area (Å²) in [5.41, 5.74) is 32.7. The predicted molar refractivity (Wildman–Crippen MR) is 520 cm³/mol. The first kappa shape index (κ1) is 80.9. The molecule has 0 amide bonds. The zero-order valence-corrected chi connectivity index (χ0v) is 74.7. The normalized spacial score (nSPS) is 14.0. The van der Waals surface area contributed by atoms with Gasteiger partial charge in [-0.2, -0.15) is 0 Å². The Bertz CT molecular complexity index is 7380. The summed E-state index contributed by atoms with van der Waals surface area (Å²) in [5.74, 6) is 5.06. The first-order chi connectivity index (χ1) is 63.5. The molecule has 5 aromatic heterocycles. The molecule has 16 nitrogen and oxygen atoms in total. The Morgan fingerprint density at radius 2 is 0.611 bits per heavy atom. The number of ether oxygens (including phenoxy) is 5. The lowest BCUT2D eigenvalue weighted by molar-refractivity contribution is 0.111. The van der Waals surface area contributed by atoms with Crippen molar-refractivity contribution >= 4 is 17.1 Å². The number of para-hydroxylation sites is 7. The fraction of sp³-hybridized carbons (Fsp3) is 0.148. The fourth-order valence-corrected chi connectivity index (χ4v) is 19.5. The van der Waals surface area contributed by atoms with Gasteiger partial charge in [-0.15, -0.1) is 0 Å². The highest BCUT2D eigenvalue weighted by molar-refractivity contribution is 6.07. The molecule has 8 heterocycles. The van der Waals surface area contributed by atoms with Gasteiger partial charge in [0.25, 0.3) is 0 Å². The van der Waals surface area contributed by atoms with Crippen molar-refractivity contribution < 1.29 is 23.7 Å². The van der Waals surface area contributed by atoms with Crippen LogP contribution in [0.25, 0.3) is 157 Å². The summed E-state index contributed by atoms with van der Waals surface area (Å²) in [6.45, 7) is 25.7. The van der Waals surface area contributed by atoms with Gasteiger partial charge in [-0.25, -0.2) is 19.9 Å². The minimum absolute atomic E-state index is 0.173. The number of fused-ring (bicyclic) bond motifs is 30. The Morgan fingerprint density at radius 1 is 0.252 bits per heavy atom. The third-order valence-electron chi connectivity index (χ3n) is 25.5. The van der Waals surface area contributed by atoms with Gasteiger partial charge in [0.15, 0.2) is 23.0 Å². The summed E-state index contributed by atoms with van der Waals surface area (Å²) in [4.78, 5) is 50.6. The lowest BCUT2D eigenvalue weighted by atomic mass is 9.75. The highest BCUT2D eigenvalue weighted by Gasteiger charge is 2.41. The van der Waals surface area contributed by atoms with E-state index in [0.717, 1.165) is 124 Å². The van der Waals surface area contributed by atoms with Crippen LogP contribution in [-0.4, -0.2) is 49.8 Å². The maximum atomic E-state index is 6.81. The molecule has 24 rings (SSSR count). The van der Waals surface area contributed by atoms with E-state index in [1.807, 2.05) is 92.8 Å². The van der Waals surface area contributed by atoms with Gasteiger partial charge in [-0.1, -0.05) is 254 Å². The molecule has 3 aliphatic heterocycles. The van der Waals surface area contributed by atoms with Crippen molar-refractivity contribution in [1.82, 2.24) is 49.8 Å². The van der Waals surface area contributed by atoms with Crippen LogP contribution in [0.15, 0.2) is 335 Å². The van der Waals surface area contributed by atoms with Crippen LogP contribution in [0.2, 0.25) is 0 Å². The zero-order valence-electron chi connectivity index (χ0n) is 74.7. The molecule has 0 fully saturated rings. The Kier molecular flexibility index (Phi) is 19.3. The number of hydrogen-bond acceptors (Lipinski definition) is 16. The maximum Gasteiger partial charge on any atom is 0.178 e. The summed E-state index contributed by atoms with van der Waals surface area (Å²) >= 11 is 0. The van der Waals surface area contributed by atoms with E-state index in [1.165, 1.54) is 55.6 Å². The van der Waals surface area contributed by atoms with Crippen LogP contribution >= 0.6 is 0 Å². The van der Waals surface area contributed by atoms with Crippen LogP contribution in [0, 0.1) is 0 Å². The molecule has 18 aromatic rings. The van der Waals surface area contributed by atoms with Gasteiger partial charge in [0.1, 0.15) is 85.9 Å². The summed E-state index contributed by atoms with van der Waals surface area (Å²) in [6.07, 6.45) is 13.4. The quantitative estimate of drug-likeness (QED) is 0.163. The first-order valence-corrected chi connectivity index (χ1v) is 44.4. The largest absolute Gasteiger partial charge is 0.481 e. The molecule has 0 saturated heterocycles. The second kappa shape index (κ2) is 31.2. The van der Waals surface area contributed by atoms with Gasteiger partial charge in [-0.05, 0) is 203 Å². The van der Waals surface area contributed by atoms with Crippen LogP contribution in [0.1, 0.15) is 111 Å². The van der Waals surface area contributed by atoms with Crippen molar-refractivity contribution in [2.24, 2.45) is 0 Å². The van der Waals surface area contributed by atoms with Gasteiger partial charge >= 0.3 is 0 Å². The van der Waals surface area contributed by atoms with Gasteiger partial charge in [0.2, 0.25) is 0 Å². The predicted octanol–water partition coefficient (Wildman–Crippen LogP) is 28.8. The van der Waals surface area contributed by atoms with Crippen molar-refractivity contribution in [3.8, 4) is 197 Å². The molecule has 0 spiro atoms. The molecule has 131 heavy (non-hydrogen) atoms. The summed E-state index contributed by atoms with van der Waals surface area (Å²) in [5, 5.41) is 0. The maximum absolute atomic E-state index is 6.81. The van der Waals surface area contributed by atoms with E-state index < -0.39 is 22.2 Å². The number of nitrogens with zero attached hydrogens (tertiary/aromatic N) is 11. The number of benzene rings is 13. The van der Waals surface area contributed by atoms with E-state index in [-0.39, 0.29) is 5.41 Å². The summed E-state index contributed by atoms with van der Waals surface area (Å²) in [6, 6.07) is 100. The van der Waals surface area contributed by atoms with Gasteiger partial charge < -0.3 is 28.6 Å². The van der Waals surface area contributed by atoms with E-state index in [0.29, 0.717) is 62.7 Å². The highest BCUT2D eigenvalue weighted by atomic mass is 16.6. The average Bonchev–Trinajstić information content (AvgIpc) is 1.19. The van der Waals surface area contributed by atoms with Crippen molar-refractivity contribution in [2.45, 2.75) is 111 Å². The van der Waals surface area contributed by atoms with Crippen molar-refractivity contribution in [1.29, 1.82) is 0 Å². The minimum atomic E-state index is -0.629. The molecule has 0 unspecified atom stereocenters. The highest BCUT2D eigenvalue weighted by Crippen LogP contribution is 2.59. The zero-order chi connectivity index (χ0) is 89.4. The molecule has 0 bridgehead atoms. The third kappa shape index (κ3) is 13.9. The van der Waals surface area contributed by atoms with Crippen LogP contribution in [0.3, 0.4) is 0 Å². The molecule has 13 aromatic carbocycles. The molecule has 16 heteroatoms. The number of hydrogen-bond donors (Lipinski definition) is 0. The monoisotopic (exact) mass is 1710 g/mol. The molecule has 636 valence electrons. The summed E-state index contributed by atoms with van der Waals surface area (Å²) in [7, 11) is 0. The van der Waals surface area contributed by atoms with E-state index >= 15 is 0 Å². The van der Waals surface area contributed by atoms with E-state index in [2.05, 4.69) is 301 Å². The molecule has 0 N–H and O–H groups in total. The minimum Gasteiger partial charge on any atom is -0.481 e. The Hall–Kier alpha value is -15.9. The number of aromatic nitrogens is 10. The third-order valence-corrected chi connectivity index (χ3v) is 25.5. The van der Waals surface area contributed by atoms with Gasteiger partial charge in [0, 0.05) is 93.4 Å². The van der Waals surface area contributed by atoms with Crippen molar-refractivity contribution in [3.05, 3.63) is 363 Å². The first-order valence-electron chi connectivity index (χ1n) is 44.4. The Labute approximate surface area is 761 Å². The molecule has 0 saturated carbocycles. The Morgan fingerprint density at radius 3 is 1.11 bits per heavy atom. The van der Waals surface area contributed by atoms with Gasteiger partial charge in [0.05, 0.1) is 28.5 Å². The molecule has 3 aliphatic carbocycles. The molecular weight excluding hydrogens is 1620 g/mol. The van der Waals surface area contributed by atoms with E-state index in [1.54, 1.807) is 43.5 Å². The van der Waals surface area contributed by atoms with Crippen molar-refractivity contribution in [2.75, 3.05) is 4.90 Å². The lowest BCUT2D eigenvalue weighted by Gasteiger charge is -2.29. The smallest absolute Gasteiger partial charge is 0.178 e. The molecule has 6 aliphatic rings. The van der Waals surface area contributed by atoms with Crippen molar-refractivity contribution in [3.63, 3.8) is 0 Å². The lowest BCUT2D eigenvalue weighted by Crippen LogP contribution is -2.25. The Balaban J connectivity index is 0.000000115. The average molecular weight is 1710 g/mol. The summed E-state index contributed by atoms with van der Waals surface area (Å²) < 4.78 is 33.5. The van der Waals surface area contributed by atoms with Gasteiger partial charge in [-0.3, -0.25) is 29.9 Å². The molecule has 0 radical (unpaired) electrons. The van der Waals surface area contributed by atoms with Crippen LogP contribution in [-0.2, 0) is 27.6 Å².